The molecule has 1 saturated heterocycles. The van der Waals surface area contributed by atoms with Crippen molar-refractivity contribution in [3.8, 4) is 0 Å². The Morgan fingerprint density at radius 1 is 1.29 bits per heavy atom. The molecule has 0 unspecified atom stereocenters. The number of carbonyl (C=O) groups is 1. The van der Waals surface area contributed by atoms with Crippen LogP contribution in [0.4, 0.5) is 4.79 Å². The van der Waals surface area contributed by atoms with Crippen LogP contribution in [-0.4, -0.2) is 19.1 Å². The molecular formula is C11H14N2O. The van der Waals surface area contributed by atoms with Gasteiger partial charge in [0.05, 0.1) is 0 Å². The summed E-state index contributed by atoms with van der Waals surface area (Å²) in [4.78, 5) is 10.0. The van der Waals surface area contributed by atoms with Gasteiger partial charge in [0.1, 0.15) is 0 Å². The third-order valence-corrected chi connectivity index (χ3v) is 1.69. The Balaban J connectivity index is 0.000000146. The van der Waals surface area contributed by atoms with Crippen LogP contribution in [0.1, 0.15) is 6.92 Å². The predicted octanol–water partition coefficient (Wildman–Crippen LogP) is 1.51. The van der Waals surface area contributed by atoms with Crippen LogP contribution >= 0.6 is 0 Å². The first-order valence-electron chi connectivity index (χ1n) is 4.57. The summed E-state index contributed by atoms with van der Waals surface area (Å²) in [7, 11) is 0. The molecule has 14 heavy (non-hydrogen) atoms. The van der Waals surface area contributed by atoms with Crippen molar-refractivity contribution in [2.24, 2.45) is 0 Å². The number of hydrogen-bond acceptors (Lipinski definition) is 1. The zero-order valence-electron chi connectivity index (χ0n) is 8.21. The van der Waals surface area contributed by atoms with Crippen LogP contribution in [0, 0.1) is 0 Å². The van der Waals surface area contributed by atoms with Gasteiger partial charge in [-0.3, -0.25) is 0 Å². The third-order valence-electron chi connectivity index (χ3n) is 1.69. The largest absolute Gasteiger partial charge is 0.336 e. The molecule has 0 aromatic rings. The topological polar surface area (TPSA) is 41.1 Å². The summed E-state index contributed by atoms with van der Waals surface area (Å²) in [6.07, 6.45) is 9.87. The summed E-state index contributed by atoms with van der Waals surface area (Å²) >= 11 is 0. The van der Waals surface area contributed by atoms with Gasteiger partial charge >= 0.3 is 6.03 Å². The molecule has 0 bridgehead atoms. The van der Waals surface area contributed by atoms with Gasteiger partial charge in [-0.1, -0.05) is 23.8 Å². The average Bonchev–Trinajstić information content (AvgIpc) is 2.51. The molecule has 2 amide bonds. The van der Waals surface area contributed by atoms with E-state index in [1.807, 2.05) is 24.3 Å². The molecule has 0 aromatic heterocycles. The lowest BCUT2D eigenvalue weighted by atomic mass is 10.3. The first kappa shape index (κ1) is 10.4. The number of urea groups is 1. The van der Waals surface area contributed by atoms with E-state index in [0.29, 0.717) is 0 Å². The molecule has 0 atom stereocenters. The Labute approximate surface area is 83.9 Å². The molecule has 1 aliphatic heterocycles. The van der Waals surface area contributed by atoms with Crippen molar-refractivity contribution in [2.75, 3.05) is 13.1 Å². The summed E-state index contributed by atoms with van der Waals surface area (Å²) in [5.74, 6) is 0. The average molecular weight is 190 g/mol. The van der Waals surface area contributed by atoms with Gasteiger partial charge in [-0.2, -0.15) is 0 Å². The SMILES string of the molecule is CC1=CC=C=CC=C1.O=C1NCCN1. The third kappa shape index (κ3) is 4.33. The van der Waals surface area contributed by atoms with Crippen molar-refractivity contribution in [3.05, 3.63) is 41.7 Å². The highest BCUT2D eigenvalue weighted by molar-refractivity contribution is 5.75. The molecule has 1 fully saturated rings. The van der Waals surface area contributed by atoms with Crippen LogP contribution in [0.5, 0.6) is 0 Å². The minimum Gasteiger partial charge on any atom is -0.336 e. The zero-order chi connectivity index (χ0) is 10.2. The Kier molecular flexibility index (Phi) is 4.32. The van der Waals surface area contributed by atoms with E-state index in [1.165, 1.54) is 5.57 Å². The van der Waals surface area contributed by atoms with Crippen molar-refractivity contribution in [2.45, 2.75) is 6.92 Å². The van der Waals surface area contributed by atoms with Crippen LogP contribution in [0.15, 0.2) is 41.7 Å². The fourth-order valence-electron chi connectivity index (χ4n) is 0.961. The van der Waals surface area contributed by atoms with E-state index in [1.54, 1.807) is 0 Å². The first-order valence-corrected chi connectivity index (χ1v) is 4.57. The maximum Gasteiger partial charge on any atom is 0.314 e. The van der Waals surface area contributed by atoms with Gasteiger partial charge < -0.3 is 10.6 Å². The highest BCUT2D eigenvalue weighted by Gasteiger charge is 2.02. The van der Waals surface area contributed by atoms with Gasteiger partial charge in [0.25, 0.3) is 0 Å². The molecule has 2 aliphatic rings. The molecule has 2 N–H and O–H groups in total. The van der Waals surface area contributed by atoms with Crippen molar-refractivity contribution < 1.29 is 4.79 Å². The van der Waals surface area contributed by atoms with Gasteiger partial charge in [0.15, 0.2) is 0 Å². The molecule has 3 nitrogen and oxygen atoms in total. The molecular weight excluding hydrogens is 176 g/mol. The summed E-state index contributed by atoms with van der Waals surface area (Å²) in [6, 6.07) is -0.0463. The molecule has 0 saturated carbocycles. The van der Waals surface area contributed by atoms with E-state index >= 15 is 0 Å². The lowest BCUT2D eigenvalue weighted by Crippen LogP contribution is -2.20. The highest BCUT2D eigenvalue weighted by Crippen LogP contribution is 1.97. The van der Waals surface area contributed by atoms with Crippen LogP contribution in [0.25, 0.3) is 0 Å². The fourth-order valence-corrected chi connectivity index (χ4v) is 0.961. The van der Waals surface area contributed by atoms with E-state index in [2.05, 4.69) is 29.4 Å². The van der Waals surface area contributed by atoms with Gasteiger partial charge in [0, 0.05) is 13.1 Å². The number of nitrogens with one attached hydrogen (secondary N) is 2. The number of carbonyl (C=O) groups excluding carboxylic acids is 1. The smallest absolute Gasteiger partial charge is 0.314 e. The van der Waals surface area contributed by atoms with Crippen LogP contribution in [0.3, 0.4) is 0 Å². The van der Waals surface area contributed by atoms with Crippen LogP contribution < -0.4 is 10.6 Å². The number of allylic oxidation sites excluding steroid dienone is 5. The number of amides is 2. The molecule has 2 rings (SSSR count). The molecule has 0 spiro atoms. The van der Waals surface area contributed by atoms with E-state index in [0.717, 1.165) is 13.1 Å². The van der Waals surface area contributed by atoms with Crippen LogP contribution in [-0.2, 0) is 0 Å². The number of hydrogen-bond donors (Lipinski definition) is 2. The van der Waals surface area contributed by atoms with Gasteiger partial charge in [-0.25, -0.2) is 4.79 Å². The Morgan fingerprint density at radius 2 is 2.00 bits per heavy atom. The first-order chi connectivity index (χ1) is 6.79. The van der Waals surface area contributed by atoms with Crippen molar-refractivity contribution >= 4 is 6.03 Å². The standard InChI is InChI=1S/C8H8.C3H6N2O/c1-8-6-4-2-3-5-7-8;6-3-4-1-2-5-3/h2,4-7H,1H3;1-2H2,(H2,4,5,6). The molecule has 0 aromatic carbocycles. The van der Waals surface area contributed by atoms with Gasteiger partial charge in [0.2, 0.25) is 0 Å². The zero-order valence-corrected chi connectivity index (χ0v) is 8.21. The lowest BCUT2D eigenvalue weighted by molar-refractivity contribution is 0.248. The van der Waals surface area contributed by atoms with Crippen LogP contribution in [0.2, 0.25) is 0 Å². The van der Waals surface area contributed by atoms with E-state index in [9.17, 15) is 4.79 Å². The number of rotatable bonds is 0. The monoisotopic (exact) mass is 190 g/mol. The predicted molar refractivity (Wildman–Crippen MR) is 57.0 cm³/mol. The molecule has 1 heterocycles. The van der Waals surface area contributed by atoms with Gasteiger partial charge in [-0.15, -0.1) is 5.73 Å². The quantitative estimate of drug-likeness (QED) is 0.558. The second-order valence-corrected chi connectivity index (χ2v) is 2.95. The summed E-state index contributed by atoms with van der Waals surface area (Å²) in [5.41, 5.74) is 4.23. The van der Waals surface area contributed by atoms with Crippen molar-refractivity contribution in [1.82, 2.24) is 10.6 Å². The Morgan fingerprint density at radius 3 is 2.57 bits per heavy atom. The van der Waals surface area contributed by atoms with E-state index in [-0.39, 0.29) is 6.03 Å². The van der Waals surface area contributed by atoms with E-state index in [4.69, 9.17) is 0 Å². The van der Waals surface area contributed by atoms with Gasteiger partial charge in [-0.05, 0) is 19.1 Å². The minimum atomic E-state index is -0.0463. The fraction of sp³-hybridized carbons (Fsp3) is 0.273. The molecule has 74 valence electrons. The van der Waals surface area contributed by atoms with Crippen molar-refractivity contribution in [3.63, 3.8) is 0 Å². The summed E-state index contributed by atoms with van der Waals surface area (Å²) < 4.78 is 0. The normalized spacial score (nSPS) is 17.5. The Bertz CT molecular complexity index is 312. The molecule has 0 radical (unpaired) electrons. The minimum absolute atomic E-state index is 0.0463. The van der Waals surface area contributed by atoms with Crippen molar-refractivity contribution in [1.29, 1.82) is 0 Å². The van der Waals surface area contributed by atoms with E-state index < -0.39 is 0 Å². The summed E-state index contributed by atoms with van der Waals surface area (Å²) in [5, 5.41) is 5.14. The highest BCUT2D eigenvalue weighted by atomic mass is 16.2. The lowest BCUT2D eigenvalue weighted by Gasteiger charge is -1.80. The molecule has 3 heteroatoms. The summed E-state index contributed by atoms with van der Waals surface area (Å²) in [6.45, 7) is 3.62. The second-order valence-electron chi connectivity index (χ2n) is 2.95. The maximum atomic E-state index is 10.0. The maximum absolute atomic E-state index is 10.0. The second kappa shape index (κ2) is 5.84. The molecule has 1 aliphatic carbocycles. The Hall–Kier alpha value is -1.73.